The van der Waals surface area contributed by atoms with E-state index < -0.39 is 29.3 Å². The Labute approximate surface area is 177 Å². The second kappa shape index (κ2) is 6.65. The van der Waals surface area contributed by atoms with E-state index in [1.165, 1.54) is 11.1 Å². The zero-order valence-electron chi connectivity index (χ0n) is 17.8. The van der Waals surface area contributed by atoms with Crippen molar-refractivity contribution in [3.05, 3.63) is 47.5 Å². The molecule has 5 rings (SSSR count). The van der Waals surface area contributed by atoms with Gasteiger partial charge in [-0.25, -0.2) is 0 Å². The highest BCUT2D eigenvalue weighted by atomic mass is 16.3. The Hall–Kier alpha value is -1.69. The molecule has 7 atom stereocenters. The number of hydrogen-bond acceptors (Lipinski definition) is 5. The number of carbonyl (C=O) groups excluding carboxylic acids is 1. The van der Waals surface area contributed by atoms with E-state index in [0.717, 1.165) is 25.7 Å². The molecule has 30 heavy (non-hydrogen) atoms. The third-order valence-corrected chi connectivity index (χ3v) is 9.17. The molecule has 0 radical (unpaired) electrons. The SMILES string of the molecule is C[C@]12CCC(O)C=C1CCC1C2=CC[C@@]2(C)C1C[C@H](c1ccco1)[C@]2(O)C(=O)CO. The van der Waals surface area contributed by atoms with Gasteiger partial charge in [0.05, 0.1) is 18.3 Å². The van der Waals surface area contributed by atoms with Crippen LogP contribution in [0.3, 0.4) is 0 Å². The second-order valence-corrected chi connectivity index (χ2v) is 10.3. The van der Waals surface area contributed by atoms with Crippen LogP contribution in [-0.4, -0.2) is 39.4 Å². The van der Waals surface area contributed by atoms with E-state index >= 15 is 0 Å². The summed E-state index contributed by atoms with van der Waals surface area (Å²) in [7, 11) is 0. The molecule has 5 heteroatoms. The van der Waals surface area contributed by atoms with Crippen molar-refractivity contribution in [3.8, 4) is 0 Å². The van der Waals surface area contributed by atoms with Gasteiger partial charge in [-0.05, 0) is 62.5 Å². The summed E-state index contributed by atoms with van der Waals surface area (Å²) in [4.78, 5) is 13.0. The van der Waals surface area contributed by atoms with Gasteiger partial charge in [-0.15, -0.1) is 0 Å². The summed E-state index contributed by atoms with van der Waals surface area (Å²) in [6, 6.07) is 3.63. The minimum atomic E-state index is -1.65. The summed E-state index contributed by atoms with van der Waals surface area (Å²) in [6.45, 7) is 3.66. The van der Waals surface area contributed by atoms with E-state index in [-0.39, 0.29) is 17.4 Å². The van der Waals surface area contributed by atoms with Gasteiger partial charge in [0, 0.05) is 10.8 Å². The normalized spacial score (nSPS) is 45.1. The Morgan fingerprint density at radius 1 is 1.30 bits per heavy atom. The van der Waals surface area contributed by atoms with E-state index in [1.807, 2.05) is 13.0 Å². The average Bonchev–Trinajstić information content (AvgIpc) is 3.33. The number of aliphatic hydroxyl groups is 3. The first kappa shape index (κ1) is 20.2. The summed E-state index contributed by atoms with van der Waals surface area (Å²) >= 11 is 0. The maximum Gasteiger partial charge on any atom is 0.190 e. The van der Waals surface area contributed by atoms with Crippen LogP contribution in [0.1, 0.15) is 64.1 Å². The molecule has 0 aliphatic heterocycles. The average molecular weight is 413 g/mol. The monoisotopic (exact) mass is 412 g/mol. The van der Waals surface area contributed by atoms with E-state index in [9.17, 15) is 20.1 Å². The topological polar surface area (TPSA) is 90.9 Å². The molecule has 2 saturated carbocycles. The van der Waals surface area contributed by atoms with Gasteiger partial charge in [0.15, 0.2) is 5.78 Å². The molecule has 2 fully saturated rings. The van der Waals surface area contributed by atoms with Gasteiger partial charge in [-0.2, -0.15) is 0 Å². The maximum atomic E-state index is 13.0. The predicted octanol–water partition coefficient (Wildman–Crippen LogP) is 3.51. The number of carbonyl (C=O) groups is 1. The smallest absolute Gasteiger partial charge is 0.190 e. The first-order valence-corrected chi connectivity index (χ1v) is 11.3. The lowest BCUT2D eigenvalue weighted by atomic mass is 9.50. The molecule has 1 heterocycles. The highest BCUT2D eigenvalue weighted by Crippen LogP contribution is 2.68. The molecular weight excluding hydrogens is 380 g/mol. The number of fused-ring (bicyclic) bond motifs is 5. The fourth-order valence-corrected chi connectivity index (χ4v) is 7.50. The Balaban J connectivity index is 1.60. The van der Waals surface area contributed by atoms with E-state index in [4.69, 9.17) is 4.42 Å². The fraction of sp³-hybridized carbons (Fsp3) is 0.640. The van der Waals surface area contributed by atoms with Crippen molar-refractivity contribution in [3.63, 3.8) is 0 Å². The summed E-state index contributed by atoms with van der Waals surface area (Å²) < 4.78 is 5.66. The van der Waals surface area contributed by atoms with Gasteiger partial charge >= 0.3 is 0 Å². The molecule has 5 nitrogen and oxygen atoms in total. The molecule has 3 unspecified atom stereocenters. The number of furan rings is 1. The first-order valence-electron chi connectivity index (χ1n) is 11.3. The van der Waals surface area contributed by atoms with Gasteiger partial charge in [0.25, 0.3) is 0 Å². The van der Waals surface area contributed by atoms with Gasteiger partial charge in [0.2, 0.25) is 0 Å². The van der Waals surface area contributed by atoms with Gasteiger partial charge < -0.3 is 19.7 Å². The van der Waals surface area contributed by atoms with Crippen LogP contribution in [0.15, 0.2) is 46.1 Å². The van der Waals surface area contributed by atoms with Crippen LogP contribution < -0.4 is 0 Å². The third-order valence-electron chi connectivity index (χ3n) is 9.17. The quantitative estimate of drug-likeness (QED) is 0.661. The molecule has 3 N–H and O–H groups in total. The van der Waals surface area contributed by atoms with Crippen LogP contribution in [0.5, 0.6) is 0 Å². The number of aliphatic hydroxyl groups excluding tert-OH is 2. The Morgan fingerprint density at radius 2 is 2.10 bits per heavy atom. The molecule has 0 spiro atoms. The molecule has 4 aliphatic carbocycles. The Morgan fingerprint density at radius 3 is 2.80 bits per heavy atom. The first-order chi connectivity index (χ1) is 14.3. The zero-order valence-corrected chi connectivity index (χ0v) is 17.8. The molecule has 0 amide bonds. The Bertz CT molecular complexity index is 914. The molecule has 4 aliphatic rings. The third kappa shape index (κ3) is 2.43. The molecule has 0 bridgehead atoms. The minimum Gasteiger partial charge on any atom is -0.469 e. The van der Waals surface area contributed by atoms with E-state index in [1.54, 1.807) is 12.3 Å². The van der Waals surface area contributed by atoms with E-state index in [0.29, 0.717) is 24.5 Å². The van der Waals surface area contributed by atoms with Crippen LogP contribution in [-0.2, 0) is 4.79 Å². The standard InChI is InChI=1S/C25H32O5/c1-23-9-7-16(27)12-15(23)5-6-17-18(23)8-10-24(2)19(17)13-20(21-4-3-11-30-21)25(24,29)22(28)14-26/h3-4,8,11-12,16-17,19-20,26-27,29H,5-7,9-10,13-14H2,1-2H3/t16?,17?,19?,20-,23+,24+,25+/m1/s1. The van der Waals surface area contributed by atoms with Crippen molar-refractivity contribution < 1.29 is 24.5 Å². The lowest BCUT2D eigenvalue weighted by Crippen LogP contribution is -2.57. The highest BCUT2D eigenvalue weighted by Gasteiger charge is 2.69. The molecule has 0 saturated heterocycles. The van der Waals surface area contributed by atoms with Crippen LogP contribution >= 0.6 is 0 Å². The van der Waals surface area contributed by atoms with Gasteiger partial charge in [-0.1, -0.05) is 37.1 Å². The number of ketones is 1. The lowest BCUT2D eigenvalue weighted by Gasteiger charge is -2.55. The van der Waals surface area contributed by atoms with Crippen molar-refractivity contribution in [1.82, 2.24) is 0 Å². The molecular formula is C25H32O5. The fourth-order valence-electron chi connectivity index (χ4n) is 7.50. The van der Waals surface area contributed by atoms with Crippen molar-refractivity contribution in [2.45, 2.75) is 70.0 Å². The number of rotatable bonds is 3. The number of hydrogen-bond donors (Lipinski definition) is 3. The molecule has 1 aromatic heterocycles. The second-order valence-electron chi connectivity index (χ2n) is 10.3. The summed E-state index contributed by atoms with van der Waals surface area (Å²) in [5.74, 6) is 0.0966. The number of allylic oxidation sites excluding steroid dienone is 3. The van der Waals surface area contributed by atoms with Crippen molar-refractivity contribution in [1.29, 1.82) is 0 Å². The van der Waals surface area contributed by atoms with Crippen molar-refractivity contribution >= 4 is 5.78 Å². The van der Waals surface area contributed by atoms with E-state index in [2.05, 4.69) is 19.1 Å². The molecule has 1 aromatic rings. The lowest BCUT2D eigenvalue weighted by molar-refractivity contribution is -0.158. The van der Waals surface area contributed by atoms with Gasteiger partial charge in [0.1, 0.15) is 18.0 Å². The van der Waals surface area contributed by atoms with Crippen LogP contribution in [0, 0.1) is 22.7 Å². The zero-order chi connectivity index (χ0) is 21.3. The largest absolute Gasteiger partial charge is 0.469 e. The summed E-state index contributed by atoms with van der Waals surface area (Å²) in [5, 5.41) is 31.8. The van der Waals surface area contributed by atoms with Crippen molar-refractivity contribution in [2.75, 3.05) is 6.61 Å². The molecule has 0 aromatic carbocycles. The van der Waals surface area contributed by atoms with Crippen LogP contribution in [0.4, 0.5) is 0 Å². The van der Waals surface area contributed by atoms with Crippen molar-refractivity contribution in [2.24, 2.45) is 22.7 Å². The minimum absolute atomic E-state index is 0.0364. The molecule has 162 valence electrons. The van der Waals surface area contributed by atoms with Crippen LogP contribution in [0.2, 0.25) is 0 Å². The van der Waals surface area contributed by atoms with Crippen LogP contribution in [0.25, 0.3) is 0 Å². The summed E-state index contributed by atoms with van der Waals surface area (Å²) in [5.41, 5.74) is 0.435. The highest BCUT2D eigenvalue weighted by molar-refractivity contribution is 5.91. The summed E-state index contributed by atoms with van der Waals surface area (Å²) in [6.07, 6.45) is 10.5. The maximum absolute atomic E-state index is 13.0. The Kier molecular flexibility index (Phi) is 4.48. The van der Waals surface area contributed by atoms with Gasteiger partial charge in [-0.3, -0.25) is 4.79 Å². The predicted molar refractivity (Wildman–Crippen MR) is 112 cm³/mol. The number of Topliss-reactive ketones (excluding diaryl/α,β-unsaturated/α-hetero) is 1.